The number of aryl methyl sites for hydroxylation is 3. The minimum absolute atomic E-state index is 0.0443. The number of carboxylic acids is 1. The number of aromatic nitrogens is 2. The lowest BCUT2D eigenvalue weighted by Gasteiger charge is -2.27. The maximum Gasteiger partial charge on any atom is 0.303 e. The molecule has 43 heavy (non-hydrogen) atoms. The highest BCUT2D eigenvalue weighted by molar-refractivity contribution is 6.30. The number of halogens is 1. The number of carbonyl (C=O) groups is 2. The van der Waals surface area contributed by atoms with Crippen molar-refractivity contribution in [3.8, 4) is 0 Å². The van der Waals surface area contributed by atoms with Gasteiger partial charge in [-0.1, -0.05) is 69.3 Å². The van der Waals surface area contributed by atoms with Crippen molar-refractivity contribution in [1.29, 1.82) is 0 Å². The highest BCUT2D eigenvalue weighted by Gasteiger charge is 2.34. The van der Waals surface area contributed by atoms with Gasteiger partial charge < -0.3 is 20.4 Å². The number of nitrogen functional groups attached to an aromatic ring is 1. The van der Waals surface area contributed by atoms with Gasteiger partial charge in [0, 0.05) is 34.9 Å². The van der Waals surface area contributed by atoms with E-state index < -0.39 is 11.4 Å². The van der Waals surface area contributed by atoms with E-state index in [1.807, 2.05) is 57.2 Å². The zero-order valence-corrected chi connectivity index (χ0v) is 27.1. The van der Waals surface area contributed by atoms with Gasteiger partial charge in [0.15, 0.2) is 5.82 Å². The SMILES string of the molecule is C=C(c1nc(C)c([C@@](C)(C=O)c2ccc(CCC(=O)O)cc2)c(N)n1)c1ccc(Cl)cc1C.CC.CCC1CCCCO1. The van der Waals surface area contributed by atoms with Gasteiger partial charge in [-0.2, -0.15) is 0 Å². The van der Waals surface area contributed by atoms with Crippen LogP contribution in [0.25, 0.3) is 5.57 Å². The van der Waals surface area contributed by atoms with Crippen LogP contribution in [0.2, 0.25) is 5.02 Å². The highest BCUT2D eigenvalue weighted by Crippen LogP contribution is 2.36. The molecule has 0 radical (unpaired) electrons. The van der Waals surface area contributed by atoms with Crippen molar-refractivity contribution < 1.29 is 19.4 Å². The predicted octanol–water partition coefficient (Wildman–Crippen LogP) is 7.90. The Morgan fingerprint density at radius 1 is 1.16 bits per heavy atom. The van der Waals surface area contributed by atoms with Crippen LogP contribution in [0.4, 0.5) is 5.82 Å². The fraction of sp³-hybridized carbons (Fsp3) is 0.429. The minimum Gasteiger partial charge on any atom is -0.481 e. The van der Waals surface area contributed by atoms with Crippen molar-refractivity contribution in [3.63, 3.8) is 0 Å². The molecule has 3 aromatic rings. The van der Waals surface area contributed by atoms with E-state index in [1.54, 1.807) is 19.9 Å². The number of aliphatic carboxylic acids is 1. The van der Waals surface area contributed by atoms with E-state index in [4.69, 9.17) is 27.2 Å². The largest absolute Gasteiger partial charge is 0.481 e. The van der Waals surface area contributed by atoms with Crippen LogP contribution >= 0.6 is 11.6 Å². The molecule has 232 valence electrons. The second kappa shape index (κ2) is 16.9. The lowest BCUT2D eigenvalue weighted by molar-refractivity contribution is -0.137. The van der Waals surface area contributed by atoms with Crippen molar-refractivity contribution in [2.75, 3.05) is 12.3 Å². The lowest BCUT2D eigenvalue weighted by Crippen LogP contribution is -2.29. The van der Waals surface area contributed by atoms with Gasteiger partial charge in [0.2, 0.25) is 0 Å². The Labute approximate surface area is 261 Å². The third-order valence-electron chi connectivity index (χ3n) is 7.57. The van der Waals surface area contributed by atoms with Gasteiger partial charge in [-0.15, -0.1) is 0 Å². The van der Waals surface area contributed by atoms with Crippen molar-refractivity contribution >= 4 is 35.2 Å². The third-order valence-corrected chi connectivity index (χ3v) is 7.80. The maximum absolute atomic E-state index is 12.3. The molecule has 3 N–H and O–H groups in total. The summed E-state index contributed by atoms with van der Waals surface area (Å²) in [5.41, 5.74) is 10.4. The first-order valence-electron chi connectivity index (χ1n) is 15.0. The molecule has 0 spiro atoms. The Hall–Kier alpha value is -3.55. The number of aldehydes is 1. The minimum atomic E-state index is -1.07. The quantitative estimate of drug-likeness (QED) is 0.237. The Bertz CT molecular complexity index is 1360. The Balaban J connectivity index is 0.000000550. The number of nitrogens with two attached hydrogens (primary N) is 1. The Morgan fingerprint density at radius 3 is 2.33 bits per heavy atom. The molecule has 7 nitrogen and oxygen atoms in total. The fourth-order valence-corrected chi connectivity index (χ4v) is 5.35. The number of hydrogen-bond acceptors (Lipinski definition) is 6. The first-order chi connectivity index (χ1) is 20.5. The summed E-state index contributed by atoms with van der Waals surface area (Å²) < 4.78 is 5.43. The molecule has 1 aliphatic rings. The second-order valence-electron chi connectivity index (χ2n) is 10.6. The van der Waals surface area contributed by atoms with E-state index in [0.717, 1.165) is 35.1 Å². The van der Waals surface area contributed by atoms with Gasteiger partial charge in [0.05, 0.1) is 11.5 Å². The number of hydrogen-bond donors (Lipinski definition) is 2. The van der Waals surface area contributed by atoms with E-state index in [0.29, 0.717) is 40.2 Å². The maximum atomic E-state index is 12.3. The van der Waals surface area contributed by atoms with Gasteiger partial charge >= 0.3 is 5.97 Å². The van der Waals surface area contributed by atoms with Crippen LogP contribution in [0.5, 0.6) is 0 Å². The van der Waals surface area contributed by atoms with Crippen molar-refractivity contribution in [2.45, 2.75) is 91.6 Å². The van der Waals surface area contributed by atoms with Gasteiger partial charge in [0.1, 0.15) is 12.1 Å². The molecule has 1 aliphatic heterocycles. The van der Waals surface area contributed by atoms with Crippen LogP contribution < -0.4 is 5.73 Å². The van der Waals surface area contributed by atoms with Crippen molar-refractivity contribution in [2.24, 2.45) is 0 Å². The predicted molar refractivity (Wildman–Crippen MR) is 176 cm³/mol. The molecule has 0 amide bonds. The number of rotatable bonds is 9. The molecule has 4 rings (SSSR count). The molecule has 2 atom stereocenters. The smallest absolute Gasteiger partial charge is 0.303 e. The van der Waals surface area contributed by atoms with Gasteiger partial charge in [-0.05, 0) is 87.3 Å². The van der Waals surface area contributed by atoms with Crippen molar-refractivity contribution in [1.82, 2.24) is 9.97 Å². The molecule has 1 unspecified atom stereocenters. The normalized spacial score (nSPS) is 15.6. The van der Waals surface area contributed by atoms with Crippen LogP contribution in [0.15, 0.2) is 49.0 Å². The number of carboxylic acid groups (broad SMARTS) is 1. The van der Waals surface area contributed by atoms with Crippen LogP contribution in [0, 0.1) is 13.8 Å². The van der Waals surface area contributed by atoms with E-state index in [-0.39, 0.29) is 12.2 Å². The van der Waals surface area contributed by atoms with E-state index >= 15 is 0 Å². The summed E-state index contributed by atoms with van der Waals surface area (Å²) >= 11 is 6.06. The second-order valence-corrected chi connectivity index (χ2v) is 11.1. The summed E-state index contributed by atoms with van der Waals surface area (Å²) in [4.78, 5) is 32.3. The van der Waals surface area contributed by atoms with Gasteiger partial charge in [-0.3, -0.25) is 4.79 Å². The zero-order valence-electron chi connectivity index (χ0n) is 26.4. The van der Waals surface area contributed by atoms with E-state index in [2.05, 4.69) is 23.5 Å². The summed E-state index contributed by atoms with van der Waals surface area (Å²) in [6.07, 6.45) is 7.01. The van der Waals surface area contributed by atoms with Crippen LogP contribution in [0.3, 0.4) is 0 Å². The average molecular weight is 608 g/mol. The van der Waals surface area contributed by atoms with Gasteiger partial charge in [-0.25, -0.2) is 9.97 Å². The molecule has 0 aliphatic carbocycles. The monoisotopic (exact) mass is 607 g/mol. The molecule has 2 aromatic carbocycles. The molecule has 2 heterocycles. The zero-order chi connectivity index (χ0) is 32.2. The highest BCUT2D eigenvalue weighted by atomic mass is 35.5. The number of carbonyl (C=O) groups excluding carboxylic acids is 1. The summed E-state index contributed by atoms with van der Waals surface area (Å²) in [5, 5.41) is 9.51. The molecule has 1 fully saturated rings. The molecule has 0 bridgehead atoms. The third kappa shape index (κ3) is 9.47. The molecular formula is C35H46ClN3O4. The Morgan fingerprint density at radius 2 is 1.84 bits per heavy atom. The number of nitrogens with zero attached hydrogens (tertiary/aromatic N) is 2. The molecular weight excluding hydrogens is 562 g/mol. The van der Waals surface area contributed by atoms with Crippen LogP contribution in [-0.2, 0) is 26.2 Å². The average Bonchev–Trinajstić information content (AvgIpc) is 3.01. The van der Waals surface area contributed by atoms with Gasteiger partial charge in [0.25, 0.3) is 0 Å². The van der Waals surface area contributed by atoms with Crippen LogP contribution in [-0.4, -0.2) is 40.0 Å². The summed E-state index contributed by atoms with van der Waals surface area (Å²) in [6, 6.07) is 12.8. The fourth-order valence-electron chi connectivity index (χ4n) is 5.13. The molecule has 8 heteroatoms. The van der Waals surface area contributed by atoms with E-state index in [1.165, 1.54) is 25.7 Å². The lowest BCUT2D eigenvalue weighted by atomic mass is 9.76. The van der Waals surface area contributed by atoms with Crippen molar-refractivity contribution in [3.05, 3.63) is 93.4 Å². The summed E-state index contributed by atoms with van der Waals surface area (Å²) in [5.74, 6) is -0.265. The molecule has 0 saturated carbocycles. The topological polar surface area (TPSA) is 115 Å². The first-order valence-corrected chi connectivity index (χ1v) is 15.4. The van der Waals surface area contributed by atoms with E-state index in [9.17, 15) is 9.59 Å². The first kappa shape index (κ1) is 35.6. The summed E-state index contributed by atoms with van der Waals surface area (Å²) in [7, 11) is 0. The standard InChI is InChI=1S/C26H26ClN3O3.C7H14O.C2H6/c1-15-13-20(27)10-11-21(15)16(2)25-29-17(3)23(24(28)30-25)26(4,14-31)19-8-5-18(6-9-19)7-12-22(32)33;1-2-7-5-3-4-6-8-7;1-2/h5-6,8-11,13-14H,2,7,12H2,1,3-4H3,(H,32,33)(H2,28,29,30);7H,2-6H2,1H3;1-2H3/t26-;;/m0../s1. The molecule has 1 aromatic heterocycles. The summed E-state index contributed by atoms with van der Waals surface area (Å²) in [6.45, 7) is 16.8. The number of ether oxygens (including phenoxy) is 1. The Kier molecular flexibility index (Phi) is 14.0. The van der Waals surface area contributed by atoms with Crippen LogP contribution in [0.1, 0.15) is 99.1 Å². The number of anilines is 1. The molecule has 1 saturated heterocycles. The number of benzene rings is 2.